The number of amides is 1. The zero-order valence-electron chi connectivity index (χ0n) is 17.1. The number of benzene rings is 3. The summed E-state index contributed by atoms with van der Waals surface area (Å²) in [6, 6.07) is 20.6. The Hall–Kier alpha value is -1.71. The SMILES string of the molecule is CC(NC(=O)CN(Cc1ccccc1Cl)S(=O)(=O)c1ccc(Br)cc1)c1cccc(Br)c1. The number of hydrogen-bond acceptors (Lipinski definition) is 3. The minimum Gasteiger partial charge on any atom is -0.348 e. The summed E-state index contributed by atoms with van der Waals surface area (Å²) in [6.07, 6.45) is 0. The minimum absolute atomic E-state index is 0.0310. The summed E-state index contributed by atoms with van der Waals surface area (Å²) in [5.74, 6) is -0.412. The van der Waals surface area contributed by atoms with Gasteiger partial charge in [-0.15, -0.1) is 0 Å². The summed E-state index contributed by atoms with van der Waals surface area (Å²) in [5.41, 5.74) is 1.52. The van der Waals surface area contributed by atoms with Crippen LogP contribution in [0.1, 0.15) is 24.1 Å². The lowest BCUT2D eigenvalue weighted by Crippen LogP contribution is -2.41. The third-order valence-corrected chi connectivity index (χ3v) is 8.00. The largest absolute Gasteiger partial charge is 0.348 e. The van der Waals surface area contributed by atoms with Gasteiger partial charge in [-0.05, 0) is 60.5 Å². The van der Waals surface area contributed by atoms with Crippen LogP contribution >= 0.6 is 43.5 Å². The second-order valence-corrected chi connectivity index (χ2v) is 11.3. The van der Waals surface area contributed by atoms with Crippen LogP contribution in [0.5, 0.6) is 0 Å². The number of rotatable bonds is 8. The van der Waals surface area contributed by atoms with Crippen molar-refractivity contribution < 1.29 is 13.2 Å². The van der Waals surface area contributed by atoms with Crippen molar-refractivity contribution in [1.29, 1.82) is 0 Å². The van der Waals surface area contributed by atoms with Crippen LogP contribution in [-0.4, -0.2) is 25.2 Å². The molecule has 0 bridgehead atoms. The van der Waals surface area contributed by atoms with Crippen LogP contribution in [0.2, 0.25) is 5.02 Å². The Bertz CT molecular complexity index is 1200. The molecule has 0 radical (unpaired) electrons. The monoisotopic (exact) mass is 598 g/mol. The van der Waals surface area contributed by atoms with Crippen molar-refractivity contribution in [1.82, 2.24) is 9.62 Å². The van der Waals surface area contributed by atoms with E-state index >= 15 is 0 Å². The Morgan fingerprint density at radius 3 is 2.34 bits per heavy atom. The minimum atomic E-state index is -3.95. The summed E-state index contributed by atoms with van der Waals surface area (Å²) in [7, 11) is -3.95. The van der Waals surface area contributed by atoms with Crippen molar-refractivity contribution in [3.05, 3.63) is 97.9 Å². The normalized spacial score (nSPS) is 12.5. The Labute approximate surface area is 210 Å². The van der Waals surface area contributed by atoms with Crippen LogP contribution in [0.15, 0.2) is 86.6 Å². The van der Waals surface area contributed by atoms with Gasteiger partial charge in [-0.3, -0.25) is 4.79 Å². The molecule has 1 amide bonds. The smallest absolute Gasteiger partial charge is 0.243 e. The van der Waals surface area contributed by atoms with Crippen LogP contribution in [0.4, 0.5) is 0 Å². The Morgan fingerprint density at radius 1 is 1.00 bits per heavy atom. The summed E-state index contributed by atoms with van der Waals surface area (Å²) < 4.78 is 29.5. The van der Waals surface area contributed by atoms with Gasteiger partial charge in [-0.1, -0.05) is 73.8 Å². The average Bonchev–Trinajstić information content (AvgIpc) is 2.75. The van der Waals surface area contributed by atoms with Crippen molar-refractivity contribution in [2.45, 2.75) is 24.4 Å². The summed E-state index contributed by atoms with van der Waals surface area (Å²) in [6.45, 7) is 1.47. The van der Waals surface area contributed by atoms with Crippen LogP contribution in [-0.2, 0) is 21.4 Å². The van der Waals surface area contributed by atoms with Gasteiger partial charge < -0.3 is 5.32 Å². The van der Waals surface area contributed by atoms with Crippen LogP contribution < -0.4 is 5.32 Å². The molecule has 5 nitrogen and oxygen atoms in total. The molecule has 0 saturated carbocycles. The average molecular weight is 601 g/mol. The lowest BCUT2D eigenvalue weighted by atomic mass is 10.1. The Kier molecular flexibility index (Phi) is 8.52. The van der Waals surface area contributed by atoms with E-state index in [9.17, 15) is 13.2 Å². The molecule has 0 spiro atoms. The second-order valence-electron chi connectivity index (χ2n) is 7.16. The first-order valence-corrected chi connectivity index (χ1v) is 13.1. The van der Waals surface area contributed by atoms with E-state index in [-0.39, 0.29) is 24.0 Å². The zero-order valence-corrected chi connectivity index (χ0v) is 21.9. The lowest BCUT2D eigenvalue weighted by Gasteiger charge is -2.24. The van der Waals surface area contributed by atoms with Gasteiger partial charge in [-0.2, -0.15) is 4.31 Å². The number of sulfonamides is 1. The van der Waals surface area contributed by atoms with Crippen LogP contribution in [0, 0.1) is 0 Å². The molecule has 168 valence electrons. The molecule has 0 aliphatic carbocycles. The van der Waals surface area contributed by atoms with E-state index < -0.39 is 15.9 Å². The maximum atomic E-state index is 13.4. The van der Waals surface area contributed by atoms with E-state index in [2.05, 4.69) is 37.2 Å². The summed E-state index contributed by atoms with van der Waals surface area (Å²) >= 11 is 13.0. The van der Waals surface area contributed by atoms with Gasteiger partial charge in [0.2, 0.25) is 15.9 Å². The highest BCUT2D eigenvalue weighted by molar-refractivity contribution is 9.10. The number of carbonyl (C=O) groups is 1. The van der Waals surface area contributed by atoms with Crippen molar-refractivity contribution in [3.8, 4) is 0 Å². The van der Waals surface area contributed by atoms with E-state index in [0.717, 1.165) is 18.8 Å². The standard InChI is InChI=1S/C23H21Br2ClN2O3S/c1-16(17-6-4-7-20(25)13-17)27-23(29)15-28(14-18-5-2-3-8-22(18)26)32(30,31)21-11-9-19(24)10-12-21/h2-13,16H,14-15H2,1H3,(H,27,29). The molecule has 0 saturated heterocycles. The number of hydrogen-bond donors (Lipinski definition) is 1. The topological polar surface area (TPSA) is 66.5 Å². The van der Waals surface area contributed by atoms with E-state index in [1.165, 1.54) is 12.1 Å². The van der Waals surface area contributed by atoms with Gasteiger partial charge in [0.15, 0.2) is 0 Å². The number of carbonyl (C=O) groups excluding carboxylic acids is 1. The molecule has 3 rings (SSSR count). The van der Waals surface area contributed by atoms with Crippen molar-refractivity contribution >= 4 is 59.4 Å². The fourth-order valence-corrected chi connectivity index (χ4v) is 5.36. The number of nitrogens with zero attached hydrogens (tertiary/aromatic N) is 1. The molecular weight excluding hydrogens is 580 g/mol. The molecule has 0 fully saturated rings. The molecule has 0 heterocycles. The van der Waals surface area contributed by atoms with Gasteiger partial charge in [0.25, 0.3) is 0 Å². The molecule has 1 atom stereocenters. The van der Waals surface area contributed by atoms with E-state index in [0.29, 0.717) is 10.6 Å². The summed E-state index contributed by atoms with van der Waals surface area (Å²) in [5, 5.41) is 3.32. The molecule has 0 aromatic heterocycles. The van der Waals surface area contributed by atoms with Crippen molar-refractivity contribution in [3.63, 3.8) is 0 Å². The first kappa shape index (κ1) is 24.9. The van der Waals surface area contributed by atoms with Gasteiger partial charge in [0, 0.05) is 20.5 Å². The van der Waals surface area contributed by atoms with E-state index in [4.69, 9.17) is 11.6 Å². The van der Waals surface area contributed by atoms with E-state index in [1.54, 1.807) is 36.4 Å². The molecule has 1 unspecified atom stereocenters. The van der Waals surface area contributed by atoms with Crippen molar-refractivity contribution in [2.24, 2.45) is 0 Å². The number of halogens is 3. The second kappa shape index (κ2) is 10.9. The molecule has 32 heavy (non-hydrogen) atoms. The quantitative estimate of drug-likeness (QED) is 0.349. The molecule has 9 heteroatoms. The fraction of sp³-hybridized carbons (Fsp3) is 0.174. The number of nitrogens with one attached hydrogen (secondary N) is 1. The van der Waals surface area contributed by atoms with Gasteiger partial charge in [0.1, 0.15) is 0 Å². The molecule has 0 aliphatic heterocycles. The van der Waals surface area contributed by atoms with E-state index in [1.807, 2.05) is 31.2 Å². The van der Waals surface area contributed by atoms with Crippen LogP contribution in [0.25, 0.3) is 0 Å². The van der Waals surface area contributed by atoms with Gasteiger partial charge >= 0.3 is 0 Å². The third-order valence-electron chi connectivity index (χ3n) is 4.80. The molecule has 3 aromatic carbocycles. The Morgan fingerprint density at radius 2 is 1.69 bits per heavy atom. The molecule has 3 aromatic rings. The lowest BCUT2D eigenvalue weighted by molar-refractivity contribution is -0.122. The van der Waals surface area contributed by atoms with Gasteiger partial charge in [-0.25, -0.2) is 8.42 Å². The third kappa shape index (κ3) is 6.42. The maximum Gasteiger partial charge on any atom is 0.243 e. The predicted molar refractivity (Wildman–Crippen MR) is 134 cm³/mol. The first-order valence-electron chi connectivity index (χ1n) is 9.71. The maximum absolute atomic E-state index is 13.4. The van der Waals surface area contributed by atoms with Crippen molar-refractivity contribution in [2.75, 3.05) is 6.54 Å². The first-order chi connectivity index (χ1) is 15.2. The Balaban J connectivity index is 1.85. The fourth-order valence-electron chi connectivity index (χ4n) is 3.10. The zero-order chi connectivity index (χ0) is 23.3. The van der Waals surface area contributed by atoms with Crippen LogP contribution in [0.3, 0.4) is 0 Å². The predicted octanol–water partition coefficient (Wildman–Crippen LogP) is 5.93. The highest BCUT2D eigenvalue weighted by Crippen LogP contribution is 2.24. The highest BCUT2D eigenvalue weighted by Gasteiger charge is 2.28. The van der Waals surface area contributed by atoms with Gasteiger partial charge in [0.05, 0.1) is 17.5 Å². The molecule has 0 aliphatic rings. The molecule has 1 N–H and O–H groups in total. The summed E-state index contributed by atoms with van der Waals surface area (Å²) in [4.78, 5) is 13.0. The molecular formula is C23H21Br2ClN2O3S. The highest BCUT2D eigenvalue weighted by atomic mass is 79.9.